The highest BCUT2D eigenvalue weighted by atomic mass is 16.5. The van der Waals surface area contributed by atoms with Crippen LogP contribution in [0.2, 0.25) is 0 Å². The number of hydrogen-bond donors (Lipinski definition) is 2. The first kappa shape index (κ1) is 15.3. The van der Waals surface area contributed by atoms with Crippen molar-refractivity contribution in [3.63, 3.8) is 0 Å². The molecular formula is C15H20N2O4. The van der Waals surface area contributed by atoms with Crippen molar-refractivity contribution in [2.24, 2.45) is 5.92 Å². The molecule has 21 heavy (non-hydrogen) atoms. The fourth-order valence-electron chi connectivity index (χ4n) is 2.42. The van der Waals surface area contributed by atoms with E-state index in [4.69, 9.17) is 9.84 Å². The number of carboxylic acid groups (broad SMARTS) is 1. The van der Waals surface area contributed by atoms with Gasteiger partial charge in [0.2, 0.25) is 5.91 Å². The molecule has 1 heterocycles. The van der Waals surface area contributed by atoms with Crippen molar-refractivity contribution < 1.29 is 19.4 Å². The quantitative estimate of drug-likeness (QED) is 0.774. The lowest BCUT2D eigenvalue weighted by atomic mass is 9.96. The number of carbonyl (C=O) groups excluding carboxylic acids is 1. The second-order valence-corrected chi connectivity index (χ2v) is 5.29. The Morgan fingerprint density at radius 3 is 2.86 bits per heavy atom. The van der Waals surface area contributed by atoms with Gasteiger partial charge in [-0.05, 0) is 23.6 Å². The van der Waals surface area contributed by atoms with Crippen LogP contribution in [0.5, 0.6) is 5.75 Å². The van der Waals surface area contributed by atoms with Gasteiger partial charge < -0.3 is 15.2 Å². The van der Waals surface area contributed by atoms with E-state index in [0.717, 1.165) is 11.3 Å². The average Bonchev–Trinajstić information content (AvgIpc) is 2.42. The molecular weight excluding hydrogens is 272 g/mol. The molecule has 1 aliphatic rings. The number of carboxylic acids is 1. The standard InChI is InChI=1S/C15H20N2O4/c1-21-13-4-2-3-11(5-13)7-16-14(18)10-17-8-12(9-17)6-15(19)20/h2-5,12H,6-10H2,1H3,(H,16,18)(H,19,20). The first-order valence-corrected chi connectivity index (χ1v) is 6.90. The Kier molecular flexibility index (Phi) is 5.16. The number of nitrogens with zero attached hydrogens (tertiary/aromatic N) is 1. The highest BCUT2D eigenvalue weighted by molar-refractivity contribution is 5.78. The molecule has 1 aliphatic heterocycles. The van der Waals surface area contributed by atoms with Crippen LogP contribution in [0.15, 0.2) is 24.3 Å². The fourth-order valence-corrected chi connectivity index (χ4v) is 2.42. The van der Waals surface area contributed by atoms with Crippen LogP contribution in [-0.2, 0) is 16.1 Å². The van der Waals surface area contributed by atoms with Crippen molar-refractivity contribution in [1.29, 1.82) is 0 Å². The summed E-state index contributed by atoms with van der Waals surface area (Å²) in [6.45, 7) is 2.14. The summed E-state index contributed by atoms with van der Waals surface area (Å²) in [6.07, 6.45) is 0.182. The van der Waals surface area contributed by atoms with Crippen LogP contribution in [0.3, 0.4) is 0 Å². The number of ether oxygens (including phenoxy) is 1. The molecule has 0 aliphatic carbocycles. The Morgan fingerprint density at radius 2 is 2.19 bits per heavy atom. The fraction of sp³-hybridized carbons (Fsp3) is 0.467. The van der Waals surface area contributed by atoms with Crippen molar-refractivity contribution >= 4 is 11.9 Å². The first-order chi connectivity index (χ1) is 10.1. The third-order valence-electron chi connectivity index (χ3n) is 3.49. The number of rotatable bonds is 7. The molecule has 1 fully saturated rings. The van der Waals surface area contributed by atoms with Gasteiger partial charge in [0.05, 0.1) is 20.1 Å². The SMILES string of the molecule is COc1cccc(CNC(=O)CN2CC(CC(=O)O)C2)c1. The van der Waals surface area contributed by atoms with E-state index in [1.165, 1.54) is 0 Å². The van der Waals surface area contributed by atoms with Gasteiger partial charge in [0.15, 0.2) is 0 Å². The van der Waals surface area contributed by atoms with E-state index in [2.05, 4.69) is 5.32 Å². The van der Waals surface area contributed by atoms with E-state index >= 15 is 0 Å². The number of benzene rings is 1. The topological polar surface area (TPSA) is 78.9 Å². The van der Waals surface area contributed by atoms with Crippen LogP contribution in [0.25, 0.3) is 0 Å². The van der Waals surface area contributed by atoms with E-state index in [0.29, 0.717) is 26.2 Å². The molecule has 2 N–H and O–H groups in total. The zero-order chi connectivity index (χ0) is 15.2. The smallest absolute Gasteiger partial charge is 0.303 e. The molecule has 0 unspecified atom stereocenters. The molecule has 1 aromatic rings. The van der Waals surface area contributed by atoms with Crippen molar-refractivity contribution in [2.45, 2.75) is 13.0 Å². The lowest BCUT2D eigenvalue weighted by molar-refractivity contribution is -0.139. The van der Waals surface area contributed by atoms with Gasteiger partial charge in [-0.2, -0.15) is 0 Å². The monoisotopic (exact) mass is 292 g/mol. The largest absolute Gasteiger partial charge is 0.497 e. The Hall–Kier alpha value is -2.08. The van der Waals surface area contributed by atoms with Crippen molar-refractivity contribution in [1.82, 2.24) is 10.2 Å². The van der Waals surface area contributed by atoms with E-state index in [1.807, 2.05) is 29.2 Å². The normalized spacial score (nSPS) is 15.3. The van der Waals surface area contributed by atoms with Crippen LogP contribution in [0, 0.1) is 5.92 Å². The predicted octanol–water partition coefficient (Wildman–Crippen LogP) is 0.718. The molecule has 2 rings (SSSR count). The third kappa shape index (κ3) is 4.75. The lowest BCUT2D eigenvalue weighted by Crippen LogP contribution is -2.51. The Bertz CT molecular complexity index is 512. The molecule has 1 amide bonds. The third-order valence-corrected chi connectivity index (χ3v) is 3.49. The van der Waals surface area contributed by atoms with E-state index in [9.17, 15) is 9.59 Å². The molecule has 0 saturated carbocycles. The van der Waals surface area contributed by atoms with Crippen LogP contribution in [-0.4, -0.2) is 48.6 Å². The number of methoxy groups -OCH3 is 1. The van der Waals surface area contributed by atoms with Crippen LogP contribution < -0.4 is 10.1 Å². The highest BCUT2D eigenvalue weighted by Gasteiger charge is 2.29. The molecule has 1 aromatic carbocycles. The van der Waals surface area contributed by atoms with Gasteiger partial charge in [-0.1, -0.05) is 12.1 Å². The number of nitrogens with one attached hydrogen (secondary N) is 1. The van der Waals surface area contributed by atoms with Crippen LogP contribution >= 0.6 is 0 Å². The van der Waals surface area contributed by atoms with E-state index < -0.39 is 5.97 Å². The Labute approximate surface area is 123 Å². The number of hydrogen-bond acceptors (Lipinski definition) is 4. The summed E-state index contributed by atoms with van der Waals surface area (Å²) in [5.41, 5.74) is 0.982. The maximum atomic E-state index is 11.8. The summed E-state index contributed by atoms with van der Waals surface area (Å²) in [5.74, 6) is 0.114. The predicted molar refractivity (Wildman–Crippen MR) is 77.0 cm³/mol. The van der Waals surface area contributed by atoms with Gasteiger partial charge in [0.1, 0.15) is 5.75 Å². The summed E-state index contributed by atoms with van der Waals surface area (Å²) in [4.78, 5) is 24.3. The zero-order valence-corrected chi connectivity index (χ0v) is 12.0. The van der Waals surface area contributed by atoms with E-state index in [-0.39, 0.29) is 18.2 Å². The minimum Gasteiger partial charge on any atom is -0.497 e. The number of aliphatic carboxylic acids is 1. The zero-order valence-electron chi connectivity index (χ0n) is 12.0. The number of likely N-dealkylation sites (tertiary alicyclic amines) is 1. The van der Waals surface area contributed by atoms with Gasteiger partial charge in [-0.15, -0.1) is 0 Å². The second kappa shape index (κ2) is 7.08. The molecule has 0 radical (unpaired) electrons. The molecule has 114 valence electrons. The van der Waals surface area contributed by atoms with Gasteiger partial charge in [-0.3, -0.25) is 14.5 Å². The Balaban J connectivity index is 1.67. The molecule has 0 bridgehead atoms. The summed E-state index contributed by atoms with van der Waals surface area (Å²) in [6, 6.07) is 7.54. The maximum absolute atomic E-state index is 11.8. The van der Waals surface area contributed by atoms with Crippen molar-refractivity contribution in [3.8, 4) is 5.75 Å². The van der Waals surface area contributed by atoms with Gasteiger partial charge in [-0.25, -0.2) is 0 Å². The molecule has 6 heteroatoms. The minimum absolute atomic E-state index is 0.0494. The molecule has 0 atom stereocenters. The molecule has 1 saturated heterocycles. The maximum Gasteiger partial charge on any atom is 0.303 e. The van der Waals surface area contributed by atoms with E-state index in [1.54, 1.807) is 7.11 Å². The summed E-state index contributed by atoms with van der Waals surface area (Å²) < 4.78 is 5.13. The molecule has 0 aromatic heterocycles. The molecule has 0 spiro atoms. The van der Waals surface area contributed by atoms with Gasteiger partial charge in [0.25, 0.3) is 0 Å². The summed E-state index contributed by atoms with van der Waals surface area (Å²) in [7, 11) is 1.61. The minimum atomic E-state index is -0.776. The average molecular weight is 292 g/mol. The molecule has 6 nitrogen and oxygen atoms in total. The number of amides is 1. The second-order valence-electron chi connectivity index (χ2n) is 5.29. The van der Waals surface area contributed by atoms with Gasteiger partial charge in [0, 0.05) is 19.6 Å². The summed E-state index contributed by atoms with van der Waals surface area (Å²) in [5, 5.41) is 11.5. The number of carbonyl (C=O) groups is 2. The van der Waals surface area contributed by atoms with Gasteiger partial charge >= 0.3 is 5.97 Å². The first-order valence-electron chi connectivity index (χ1n) is 6.90. The van der Waals surface area contributed by atoms with Crippen molar-refractivity contribution in [2.75, 3.05) is 26.7 Å². The Morgan fingerprint density at radius 1 is 1.43 bits per heavy atom. The van der Waals surface area contributed by atoms with Crippen molar-refractivity contribution in [3.05, 3.63) is 29.8 Å². The summed E-state index contributed by atoms with van der Waals surface area (Å²) >= 11 is 0. The lowest BCUT2D eigenvalue weighted by Gasteiger charge is -2.37. The van der Waals surface area contributed by atoms with Crippen LogP contribution in [0.1, 0.15) is 12.0 Å². The highest BCUT2D eigenvalue weighted by Crippen LogP contribution is 2.18. The van der Waals surface area contributed by atoms with Crippen LogP contribution in [0.4, 0.5) is 0 Å².